The molecule has 0 aromatic carbocycles. The number of nitrogens with two attached hydrogens (primary N) is 1. The Balaban J connectivity index is 2.28. The third kappa shape index (κ3) is 2.89. The summed E-state index contributed by atoms with van der Waals surface area (Å²) < 4.78 is 11.1. The average Bonchev–Trinajstić information content (AvgIpc) is 2.38. The van der Waals surface area contributed by atoms with E-state index in [0.717, 1.165) is 18.8 Å². The standard InChI is InChI=1S/C13H22N4O2/c1-4-6-19-12-10(14)11(15-9-16-12)17-5-7-18-8-13(17,2)3/h9H,4-8,14H2,1-3H3. The fourth-order valence-corrected chi connectivity index (χ4v) is 2.15. The van der Waals surface area contributed by atoms with Crippen LogP contribution in [0.3, 0.4) is 0 Å². The molecule has 1 aromatic heterocycles. The van der Waals surface area contributed by atoms with Crippen LogP contribution in [0.15, 0.2) is 6.33 Å². The maximum absolute atomic E-state index is 6.14. The Morgan fingerprint density at radius 1 is 1.47 bits per heavy atom. The summed E-state index contributed by atoms with van der Waals surface area (Å²) in [5, 5.41) is 0. The first-order chi connectivity index (χ1) is 9.06. The van der Waals surface area contributed by atoms with Crippen LogP contribution < -0.4 is 15.4 Å². The molecule has 2 rings (SSSR count). The second kappa shape index (κ2) is 5.61. The number of nitrogens with zero attached hydrogens (tertiary/aromatic N) is 3. The monoisotopic (exact) mass is 266 g/mol. The minimum Gasteiger partial charge on any atom is -0.476 e. The summed E-state index contributed by atoms with van der Waals surface area (Å²) >= 11 is 0. The molecular weight excluding hydrogens is 244 g/mol. The molecule has 1 fully saturated rings. The number of anilines is 2. The Kier molecular flexibility index (Phi) is 4.09. The van der Waals surface area contributed by atoms with Crippen molar-refractivity contribution in [3.63, 3.8) is 0 Å². The molecule has 2 N–H and O–H groups in total. The van der Waals surface area contributed by atoms with Gasteiger partial charge in [-0.25, -0.2) is 4.98 Å². The first kappa shape index (κ1) is 13.9. The second-order valence-corrected chi connectivity index (χ2v) is 5.28. The highest BCUT2D eigenvalue weighted by molar-refractivity contribution is 5.68. The van der Waals surface area contributed by atoms with E-state index in [-0.39, 0.29) is 5.54 Å². The molecule has 0 spiro atoms. The molecule has 0 radical (unpaired) electrons. The van der Waals surface area contributed by atoms with Crippen molar-refractivity contribution in [1.82, 2.24) is 9.97 Å². The largest absolute Gasteiger partial charge is 0.476 e. The molecule has 1 aromatic rings. The smallest absolute Gasteiger partial charge is 0.242 e. The lowest BCUT2D eigenvalue weighted by molar-refractivity contribution is 0.0639. The quantitative estimate of drug-likeness (QED) is 0.889. The molecule has 0 bridgehead atoms. The summed E-state index contributed by atoms with van der Waals surface area (Å²) in [6, 6.07) is 0. The molecule has 0 atom stereocenters. The van der Waals surface area contributed by atoms with Crippen LogP contribution >= 0.6 is 0 Å². The molecule has 1 aliphatic rings. The van der Waals surface area contributed by atoms with E-state index >= 15 is 0 Å². The zero-order chi connectivity index (χ0) is 13.9. The minimum atomic E-state index is -0.136. The molecule has 0 unspecified atom stereocenters. The summed E-state index contributed by atoms with van der Waals surface area (Å²) in [7, 11) is 0. The average molecular weight is 266 g/mol. The lowest BCUT2D eigenvalue weighted by Gasteiger charge is -2.43. The van der Waals surface area contributed by atoms with E-state index in [1.807, 2.05) is 6.92 Å². The summed E-state index contributed by atoms with van der Waals surface area (Å²) in [6.45, 7) is 8.97. The van der Waals surface area contributed by atoms with Gasteiger partial charge in [0.1, 0.15) is 12.0 Å². The first-order valence-electron chi connectivity index (χ1n) is 6.65. The number of ether oxygens (including phenoxy) is 2. The van der Waals surface area contributed by atoms with Crippen molar-refractivity contribution in [3.8, 4) is 5.88 Å². The van der Waals surface area contributed by atoms with Crippen molar-refractivity contribution < 1.29 is 9.47 Å². The molecule has 0 saturated carbocycles. The van der Waals surface area contributed by atoms with Gasteiger partial charge in [-0.3, -0.25) is 0 Å². The van der Waals surface area contributed by atoms with E-state index in [9.17, 15) is 0 Å². The summed E-state index contributed by atoms with van der Waals surface area (Å²) in [5.74, 6) is 1.20. The number of aromatic nitrogens is 2. The Labute approximate surface area is 113 Å². The Bertz CT molecular complexity index is 437. The van der Waals surface area contributed by atoms with Crippen molar-refractivity contribution >= 4 is 11.5 Å². The second-order valence-electron chi connectivity index (χ2n) is 5.28. The van der Waals surface area contributed by atoms with Crippen molar-refractivity contribution in [3.05, 3.63) is 6.33 Å². The van der Waals surface area contributed by atoms with Crippen LogP contribution in [0, 0.1) is 0 Å². The van der Waals surface area contributed by atoms with E-state index in [2.05, 4.69) is 28.7 Å². The number of nitrogen functional groups attached to an aromatic ring is 1. The first-order valence-corrected chi connectivity index (χ1v) is 6.65. The van der Waals surface area contributed by atoms with Crippen LogP contribution in [-0.4, -0.2) is 41.9 Å². The fourth-order valence-electron chi connectivity index (χ4n) is 2.15. The number of hydrogen-bond acceptors (Lipinski definition) is 6. The highest BCUT2D eigenvalue weighted by Gasteiger charge is 2.33. The topological polar surface area (TPSA) is 73.5 Å². The Morgan fingerprint density at radius 2 is 2.26 bits per heavy atom. The van der Waals surface area contributed by atoms with E-state index in [1.54, 1.807) is 0 Å². The van der Waals surface area contributed by atoms with E-state index in [4.69, 9.17) is 15.2 Å². The van der Waals surface area contributed by atoms with Crippen molar-refractivity contribution in [2.75, 3.05) is 37.0 Å². The zero-order valence-electron chi connectivity index (χ0n) is 11.8. The van der Waals surface area contributed by atoms with Gasteiger partial charge in [0, 0.05) is 6.54 Å². The zero-order valence-corrected chi connectivity index (χ0v) is 11.8. The van der Waals surface area contributed by atoms with E-state index in [0.29, 0.717) is 31.4 Å². The summed E-state index contributed by atoms with van der Waals surface area (Å²) in [5.41, 5.74) is 6.51. The van der Waals surface area contributed by atoms with Gasteiger partial charge in [0.25, 0.3) is 0 Å². The Hall–Kier alpha value is -1.56. The van der Waals surface area contributed by atoms with Gasteiger partial charge in [0.2, 0.25) is 5.88 Å². The molecule has 0 amide bonds. The number of hydrogen-bond donors (Lipinski definition) is 1. The summed E-state index contributed by atoms with van der Waals surface area (Å²) in [6.07, 6.45) is 2.42. The van der Waals surface area contributed by atoms with Gasteiger partial charge in [-0.1, -0.05) is 6.92 Å². The molecule has 2 heterocycles. The van der Waals surface area contributed by atoms with Crippen molar-refractivity contribution in [1.29, 1.82) is 0 Å². The van der Waals surface area contributed by atoms with Crippen molar-refractivity contribution in [2.24, 2.45) is 0 Å². The maximum Gasteiger partial charge on any atom is 0.242 e. The van der Waals surface area contributed by atoms with Gasteiger partial charge in [-0.15, -0.1) is 0 Å². The third-order valence-corrected chi connectivity index (χ3v) is 3.17. The van der Waals surface area contributed by atoms with Crippen molar-refractivity contribution in [2.45, 2.75) is 32.7 Å². The van der Waals surface area contributed by atoms with Crippen LogP contribution in [0.25, 0.3) is 0 Å². The van der Waals surface area contributed by atoms with Crippen LogP contribution in [0.5, 0.6) is 5.88 Å². The summed E-state index contributed by atoms with van der Waals surface area (Å²) in [4.78, 5) is 10.6. The lowest BCUT2D eigenvalue weighted by Crippen LogP contribution is -2.53. The van der Waals surface area contributed by atoms with Gasteiger partial charge >= 0.3 is 0 Å². The van der Waals surface area contributed by atoms with Crippen LogP contribution in [0.1, 0.15) is 27.2 Å². The molecule has 19 heavy (non-hydrogen) atoms. The molecular formula is C13H22N4O2. The maximum atomic E-state index is 6.14. The molecule has 0 aliphatic carbocycles. The van der Waals surface area contributed by atoms with E-state index in [1.165, 1.54) is 6.33 Å². The molecule has 6 nitrogen and oxygen atoms in total. The molecule has 1 saturated heterocycles. The normalized spacial score (nSPS) is 18.4. The third-order valence-electron chi connectivity index (χ3n) is 3.17. The molecule has 1 aliphatic heterocycles. The van der Waals surface area contributed by atoms with Gasteiger partial charge in [-0.05, 0) is 20.3 Å². The lowest BCUT2D eigenvalue weighted by atomic mass is 10.0. The number of morpholine rings is 1. The van der Waals surface area contributed by atoms with Gasteiger partial charge in [-0.2, -0.15) is 4.98 Å². The van der Waals surface area contributed by atoms with E-state index < -0.39 is 0 Å². The van der Waals surface area contributed by atoms with Crippen LogP contribution in [-0.2, 0) is 4.74 Å². The highest BCUT2D eigenvalue weighted by atomic mass is 16.5. The number of rotatable bonds is 4. The highest BCUT2D eigenvalue weighted by Crippen LogP contribution is 2.33. The SMILES string of the molecule is CCCOc1ncnc(N2CCOCC2(C)C)c1N. The molecule has 6 heteroatoms. The van der Waals surface area contributed by atoms with Gasteiger partial charge in [0.15, 0.2) is 5.82 Å². The van der Waals surface area contributed by atoms with Gasteiger partial charge in [0.05, 0.1) is 25.4 Å². The fraction of sp³-hybridized carbons (Fsp3) is 0.692. The predicted octanol–water partition coefficient (Wildman–Crippen LogP) is 1.46. The van der Waals surface area contributed by atoms with Gasteiger partial charge < -0.3 is 20.1 Å². The predicted molar refractivity (Wildman–Crippen MR) is 74.5 cm³/mol. The van der Waals surface area contributed by atoms with Crippen LogP contribution in [0.2, 0.25) is 0 Å². The molecule has 106 valence electrons. The Morgan fingerprint density at radius 3 is 2.95 bits per heavy atom. The van der Waals surface area contributed by atoms with Crippen LogP contribution in [0.4, 0.5) is 11.5 Å². The minimum absolute atomic E-state index is 0.136.